The Bertz CT molecular complexity index is 899. The van der Waals surface area contributed by atoms with Crippen LogP contribution in [0.1, 0.15) is 34.6 Å². The smallest absolute Gasteiger partial charge is 0.351 e. The van der Waals surface area contributed by atoms with E-state index < -0.39 is 12.1 Å². The first kappa shape index (κ1) is 18.1. The lowest BCUT2D eigenvalue weighted by atomic mass is 10.4. The van der Waals surface area contributed by atoms with E-state index in [0.717, 1.165) is 11.3 Å². The van der Waals surface area contributed by atoms with Crippen molar-refractivity contribution in [3.8, 4) is 10.7 Å². The molecule has 3 aromatic heterocycles. The molecule has 0 aliphatic carbocycles. The SMILES string of the molecule is CCCNC(=O)c1ccn(Cc2ccc(-c3noc(C(F)(F)F)n3)s2)n1. The number of amides is 1. The Morgan fingerprint density at radius 3 is 2.85 bits per heavy atom. The van der Waals surface area contributed by atoms with Crippen LogP contribution in [0.15, 0.2) is 28.9 Å². The molecule has 3 aromatic rings. The lowest BCUT2D eigenvalue weighted by Gasteiger charge is -2.00. The Morgan fingerprint density at radius 1 is 1.35 bits per heavy atom. The molecule has 0 aliphatic heterocycles. The second-order valence-electron chi connectivity index (χ2n) is 5.34. The van der Waals surface area contributed by atoms with Crippen LogP contribution >= 0.6 is 11.3 Å². The zero-order chi connectivity index (χ0) is 18.7. The summed E-state index contributed by atoms with van der Waals surface area (Å²) in [6.45, 7) is 2.90. The maximum Gasteiger partial charge on any atom is 0.471 e. The van der Waals surface area contributed by atoms with Gasteiger partial charge in [-0.15, -0.1) is 11.3 Å². The van der Waals surface area contributed by atoms with Crippen molar-refractivity contribution in [1.29, 1.82) is 0 Å². The third-order valence-electron chi connectivity index (χ3n) is 3.28. The molecule has 0 saturated heterocycles. The molecule has 11 heteroatoms. The number of nitrogens with zero attached hydrogens (tertiary/aromatic N) is 4. The standard InChI is InChI=1S/C15H14F3N5O2S/c1-2-6-19-13(24)10-5-7-23(21-10)8-9-3-4-11(26-9)12-20-14(25-22-12)15(16,17)18/h3-5,7H,2,6,8H2,1H3,(H,19,24). The zero-order valence-electron chi connectivity index (χ0n) is 13.6. The van der Waals surface area contributed by atoms with Crippen LogP contribution < -0.4 is 5.32 Å². The van der Waals surface area contributed by atoms with Gasteiger partial charge in [0.2, 0.25) is 5.82 Å². The molecule has 0 unspecified atom stereocenters. The summed E-state index contributed by atoms with van der Waals surface area (Å²) in [6.07, 6.45) is -2.18. The third kappa shape index (κ3) is 4.10. The summed E-state index contributed by atoms with van der Waals surface area (Å²) < 4.78 is 43.4. The first-order valence-electron chi connectivity index (χ1n) is 7.68. The Balaban J connectivity index is 1.68. The Morgan fingerprint density at radius 2 is 2.15 bits per heavy atom. The molecule has 3 rings (SSSR count). The van der Waals surface area contributed by atoms with Gasteiger partial charge in [-0.2, -0.15) is 23.3 Å². The van der Waals surface area contributed by atoms with Crippen molar-refractivity contribution in [1.82, 2.24) is 25.2 Å². The summed E-state index contributed by atoms with van der Waals surface area (Å²) in [5.74, 6) is -1.74. The van der Waals surface area contributed by atoms with Crippen LogP contribution in [0.5, 0.6) is 0 Å². The molecule has 26 heavy (non-hydrogen) atoms. The fourth-order valence-corrected chi connectivity index (χ4v) is 3.01. The molecule has 0 spiro atoms. The number of rotatable bonds is 6. The van der Waals surface area contributed by atoms with Gasteiger partial charge in [0.25, 0.3) is 5.91 Å². The fraction of sp³-hybridized carbons (Fsp3) is 0.333. The number of aromatic nitrogens is 4. The van der Waals surface area contributed by atoms with Gasteiger partial charge in [-0.25, -0.2) is 0 Å². The number of hydrogen-bond acceptors (Lipinski definition) is 6. The molecule has 0 atom stereocenters. The Labute approximate surface area is 149 Å². The van der Waals surface area contributed by atoms with Gasteiger partial charge in [0.15, 0.2) is 0 Å². The van der Waals surface area contributed by atoms with Gasteiger partial charge in [0.05, 0.1) is 11.4 Å². The van der Waals surface area contributed by atoms with E-state index in [2.05, 4.69) is 25.1 Å². The topological polar surface area (TPSA) is 85.8 Å². The van der Waals surface area contributed by atoms with Crippen LogP contribution in [-0.2, 0) is 12.7 Å². The van der Waals surface area contributed by atoms with Crippen molar-refractivity contribution in [2.75, 3.05) is 6.54 Å². The van der Waals surface area contributed by atoms with Gasteiger partial charge in [-0.1, -0.05) is 12.1 Å². The lowest BCUT2D eigenvalue weighted by Crippen LogP contribution is -2.24. The number of thiophene rings is 1. The molecule has 1 N–H and O–H groups in total. The maximum absolute atomic E-state index is 12.5. The van der Waals surface area contributed by atoms with Gasteiger partial charge >= 0.3 is 12.1 Å². The van der Waals surface area contributed by atoms with Crippen LogP contribution in [0.25, 0.3) is 10.7 Å². The third-order valence-corrected chi connectivity index (χ3v) is 4.34. The highest BCUT2D eigenvalue weighted by molar-refractivity contribution is 7.15. The van der Waals surface area contributed by atoms with E-state index in [9.17, 15) is 18.0 Å². The predicted octanol–water partition coefficient (Wildman–Crippen LogP) is 3.20. The highest BCUT2D eigenvalue weighted by Gasteiger charge is 2.38. The number of halogens is 3. The molecule has 0 radical (unpaired) electrons. The average Bonchev–Trinajstić information content (AvgIpc) is 3.31. The summed E-state index contributed by atoms with van der Waals surface area (Å²) in [5.41, 5.74) is 0.309. The van der Waals surface area contributed by atoms with E-state index in [1.165, 1.54) is 11.3 Å². The van der Waals surface area contributed by atoms with Crippen molar-refractivity contribution in [3.63, 3.8) is 0 Å². The number of carbonyl (C=O) groups is 1. The van der Waals surface area contributed by atoms with Gasteiger partial charge in [0, 0.05) is 17.6 Å². The van der Waals surface area contributed by atoms with Crippen molar-refractivity contribution < 1.29 is 22.5 Å². The highest BCUT2D eigenvalue weighted by atomic mass is 32.1. The highest BCUT2D eigenvalue weighted by Crippen LogP contribution is 2.31. The van der Waals surface area contributed by atoms with Crippen LogP contribution in [0.4, 0.5) is 13.2 Å². The Kier molecular flexibility index (Phi) is 5.07. The Hall–Kier alpha value is -2.69. The number of alkyl halides is 3. The van der Waals surface area contributed by atoms with Crippen molar-refractivity contribution in [3.05, 3.63) is 40.9 Å². The summed E-state index contributed by atoms with van der Waals surface area (Å²) in [6, 6.07) is 4.96. The molecular weight excluding hydrogens is 371 g/mol. The second kappa shape index (κ2) is 7.28. The first-order valence-corrected chi connectivity index (χ1v) is 8.50. The summed E-state index contributed by atoms with van der Waals surface area (Å²) in [5, 5.41) is 10.3. The molecule has 0 fully saturated rings. The van der Waals surface area contributed by atoms with Crippen LogP contribution in [0.2, 0.25) is 0 Å². The minimum Gasteiger partial charge on any atom is -0.351 e. The molecular formula is C15H14F3N5O2S. The van der Waals surface area contributed by atoms with Crippen molar-refractivity contribution in [2.45, 2.75) is 26.1 Å². The molecule has 0 aromatic carbocycles. The van der Waals surface area contributed by atoms with E-state index in [0.29, 0.717) is 23.7 Å². The van der Waals surface area contributed by atoms with E-state index in [1.54, 1.807) is 29.1 Å². The van der Waals surface area contributed by atoms with Crippen molar-refractivity contribution >= 4 is 17.2 Å². The monoisotopic (exact) mass is 385 g/mol. The van der Waals surface area contributed by atoms with E-state index in [4.69, 9.17) is 0 Å². The van der Waals surface area contributed by atoms with Gasteiger partial charge in [-0.05, 0) is 24.6 Å². The minimum absolute atomic E-state index is 0.117. The number of carbonyl (C=O) groups excluding carboxylic acids is 1. The number of nitrogens with one attached hydrogen (secondary N) is 1. The summed E-state index contributed by atoms with van der Waals surface area (Å²) in [4.78, 5) is 16.5. The van der Waals surface area contributed by atoms with Crippen molar-refractivity contribution in [2.24, 2.45) is 0 Å². The molecule has 138 valence electrons. The summed E-state index contributed by atoms with van der Waals surface area (Å²) >= 11 is 1.22. The van der Waals surface area contributed by atoms with E-state index >= 15 is 0 Å². The predicted molar refractivity (Wildman–Crippen MR) is 86.6 cm³/mol. The minimum atomic E-state index is -4.67. The molecule has 0 aliphatic rings. The van der Waals surface area contributed by atoms with Gasteiger partial charge in [0.1, 0.15) is 5.69 Å². The molecule has 0 bridgehead atoms. The maximum atomic E-state index is 12.5. The normalized spacial score (nSPS) is 11.7. The average molecular weight is 385 g/mol. The molecule has 1 amide bonds. The first-order chi connectivity index (χ1) is 12.4. The van der Waals surface area contributed by atoms with E-state index in [1.807, 2.05) is 6.92 Å². The second-order valence-corrected chi connectivity index (χ2v) is 6.51. The van der Waals surface area contributed by atoms with Gasteiger partial charge in [-0.3, -0.25) is 9.48 Å². The zero-order valence-corrected chi connectivity index (χ0v) is 14.4. The van der Waals surface area contributed by atoms with Crippen LogP contribution in [0.3, 0.4) is 0 Å². The van der Waals surface area contributed by atoms with Crippen LogP contribution in [-0.4, -0.2) is 32.4 Å². The fourth-order valence-electron chi connectivity index (χ4n) is 2.08. The number of hydrogen-bond donors (Lipinski definition) is 1. The largest absolute Gasteiger partial charge is 0.471 e. The molecule has 7 nitrogen and oxygen atoms in total. The summed E-state index contributed by atoms with van der Waals surface area (Å²) in [7, 11) is 0. The quantitative estimate of drug-likeness (QED) is 0.704. The lowest BCUT2D eigenvalue weighted by molar-refractivity contribution is -0.159. The van der Waals surface area contributed by atoms with Gasteiger partial charge < -0.3 is 9.84 Å². The molecule has 3 heterocycles. The van der Waals surface area contributed by atoms with E-state index in [-0.39, 0.29) is 11.7 Å². The molecule has 0 saturated carbocycles. The van der Waals surface area contributed by atoms with Crippen LogP contribution in [0, 0.1) is 0 Å².